The lowest BCUT2D eigenvalue weighted by Gasteiger charge is -2.08. The number of esters is 1. The maximum Gasteiger partial charge on any atom is 0.344 e. The summed E-state index contributed by atoms with van der Waals surface area (Å²) < 4.78 is 18.3. The van der Waals surface area contributed by atoms with Gasteiger partial charge in [-0.05, 0) is 24.3 Å². The van der Waals surface area contributed by atoms with E-state index >= 15 is 0 Å². The first kappa shape index (κ1) is 17.1. The fraction of sp³-hybridized carbons (Fsp3) is 0.125. The van der Waals surface area contributed by atoms with E-state index in [1.165, 1.54) is 0 Å². The van der Waals surface area contributed by atoms with E-state index in [0.717, 1.165) is 11.7 Å². The molecule has 2 aromatic carbocycles. The highest BCUT2D eigenvalue weighted by Crippen LogP contribution is 2.23. The summed E-state index contributed by atoms with van der Waals surface area (Å²) in [6.45, 7) is -0.777. The van der Waals surface area contributed by atoms with Crippen molar-refractivity contribution in [2.24, 2.45) is 0 Å². The Morgan fingerprint density at radius 2 is 1.92 bits per heavy atom. The van der Waals surface area contributed by atoms with Crippen LogP contribution in [0.2, 0.25) is 5.02 Å². The Morgan fingerprint density at radius 3 is 2.76 bits per heavy atom. The first-order valence-electron chi connectivity index (χ1n) is 7.17. The average Bonchev–Trinajstić information content (AvgIpc) is 3.09. The highest BCUT2D eigenvalue weighted by atomic mass is 35.5. The highest BCUT2D eigenvalue weighted by molar-refractivity contribution is 7.00. The van der Waals surface area contributed by atoms with E-state index in [-0.39, 0.29) is 6.61 Å². The number of hydrogen-bond donors (Lipinski definition) is 1. The van der Waals surface area contributed by atoms with Crippen LogP contribution >= 0.6 is 23.3 Å². The number of ether oxygens (including phenoxy) is 2. The third kappa shape index (κ3) is 4.43. The number of para-hydroxylation sites is 1. The first-order valence-corrected chi connectivity index (χ1v) is 8.28. The number of nitrogens with one attached hydrogen (secondary N) is 1. The lowest BCUT2D eigenvalue weighted by molar-refractivity contribution is -0.149. The molecule has 0 spiro atoms. The number of hydrogen-bond acceptors (Lipinski definition) is 7. The van der Waals surface area contributed by atoms with Crippen LogP contribution < -0.4 is 10.1 Å². The average molecular weight is 378 g/mol. The Labute approximate surface area is 151 Å². The minimum atomic E-state index is -0.677. The van der Waals surface area contributed by atoms with Gasteiger partial charge in [0.2, 0.25) is 0 Å². The molecule has 0 fully saturated rings. The molecule has 25 heavy (non-hydrogen) atoms. The van der Waals surface area contributed by atoms with Gasteiger partial charge in [0.05, 0.1) is 22.4 Å². The smallest absolute Gasteiger partial charge is 0.344 e. The van der Waals surface area contributed by atoms with Crippen molar-refractivity contribution in [1.29, 1.82) is 0 Å². The van der Waals surface area contributed by atoms with E-state index in [9.17, 15) is 9.59 Å². The van der Waals surface area contributed by atoms with Gasteiger partial charge in [-0.1, -0.05) is 29.8 Å². The lowest BCUT2D eigenvalue weighted by atomic mass is 10.2. The Bertz CT molecular complexity index is 915. The summed E-state index contributed by atoms with van der Waals surface area (Å²) in [6.07, 6.45) is 0. The van der Waals surface area contributed by atoms with Crippen molar-refractivity contribution < 1.29 is 19.1 Å². The predicted octanol–water partition coefficient (Wildman–Crippen LogP) is 2.91. The molecule has 3 rings (SSSR count). The molecular weight excluding hydrogens is 366 g/mol. The molecule has 1 N–H and O–H groups in total. The van der Waals surface area contributed by atoms with Crippen LogP contribution in [0.5, 0.6) is 5.75 Å². The quantitative estimate of drug-likeness (QED) is 0.664. The number of fused-ring (bicyclic) bond motifs is 1. The summed E-state index contributed by atoms with van der Waals surface area (Å²) in [4.78, 5) is 23.6. The van der Waals surface area contributed by atoms with Crippen LogP contribution in [0.4, 0.5) is 5.69 Å². The molecule has 9 heteroatoms. The van der Waals surface area contributed by atoms with Gasteiger partial charge < -0.3 is 14.8 Å². The molecule has 0 atom stereocenters. The Kier molecular flexibility index (Phi) is 5.42. The summed E-state index contributed by atoms with van der Waals surface area (Å²) in [5, 5.41) is 3.02. The van der Waals surface area contributed by atoms with E-state index in [1.807, 2.05) is 0 Å². The Hall–Kier alpha value is -2.71. The van der Waals surface area contributed by atoms with Crippen LogP contribution in [0, 0.1) is 0 Å². The molecule has 0 unspecified atom stereocenters. The second-order valence-electron chi connectivity index (χ2n) is 4.87. The maximum atomic E-state index is 11.9. The molecule has 1 amide bonds. The number of carbonyl (C=O) groups is 2. The van der Waals surface area contributed by atoms with Crippen molar-refractivity contribution in [3.8, 4) is 5.75 Å². The van der Waals surface area contributed by atoms with Crippen molar-refractivity contribution in [3.63, 3.8) is 0 Å². The molecule has 0 bridgehead atoms. The van der Waals surface area contributed by atoms with E-state index < -0.39 is 18.5 Å². The van der Waals surface area contributed by atoms with E-state index in [1.54, 1.807) is 42.5 Å². The number of benzene rings is 2. The molecule has 0 aliphatic heterocycles. The Morgan fingerprint density at radius 1 is 1.08 bits per heavy atom. The third-order valence-electron chi connectivity index (χ3n) is 3.11. The molecular formula is C16H12ClN3O4S. The summed E-state index contributed by atoms with van der Waals surface area (Å²) in [7, 11) is 0. The van der Waals surface area contributed by atoms with Crippen molar-refractivity contribution in [1.82, 2.24) is 8.75 Å². The topological polar surface area (TPSA) is 90.4 Å². The van der Waals surface area contributed by atoms with Gasteiger partial charge in [-0.2, -0.15) is 8.75 Å². The van der Waals surface area contributed by atoms with E-state index in [2.05, 4.69) is 14.1 Å². The number of nitrogens with zero attached hydrogens (tertiary/aromatic N) is 2. The second kappa shape index (κ2) is 7.91. The zero-order valence-electron chi connectivity index (χ0n) is 12.8. The van der Waals surface area contributed by atoms with Gasteiger partial charge in [-0.15, -0.1) is 0 Å². The summed E-state index contributed by atoms with van der Waals surface area (Å²) in [5.41, 5.74) is 1.79. The van der Waals surface area contributed by atoms with Gasteiger partial charge in [0.25, 0.3) is 5.91 Å². The fourth-order valence-electron chi connectivity index (χ4n) is 1.98. The minimum absolute atomic E-state index is 0.345. The largest absolute Gasteiger partial charge is 0.480 e. The number of aromatic nitrogens is 2. The van der Waals surface area contributed by atoms with Gasteiger partial charge in [0.1, 0.15) is 16.8 Å². The summed E-state index contributed by atoms with van der Waals surface area (Å²) in [6, 6.07) is 12.0. The van der Waals surface area contributed by atoms with Crippen LogP contribution in [0.15, 0.2) is 42.5 Å². The lowest BCUT2D eigenvalue weighted by Crippen LogP contribution is -2.23. The van der Waals surface area contributed by atoms with Crippen molar-refractivity contribution >= 4 is 51.9 Å². The molecule has 0 saturated heterocycles. The number of carbonyl (C=O) groups excluding carboxylic acids is 2. The minimum Gasteiger partial charge on any atom is -0.480 e. The summed E-state index contributed by atoms with van der Waals surface area (Å²) in [5.74, 6) is -0.788. The molecule has 7 nitrogen and oxygen atoms in total. The molecule has 1 heterocycles. The normalized spacial score (nSPS) is 10.4. The van der Waals surface area contributed by atoms with E-state index in [4.69, 9.17) is 21.1 Å². The van der Waals surface area contributed by atoms with Gasteiger partial charge in [-0.25, -0.2) is 4.79 Å². The standard InChI is InChI=1S/C16H12ClN3O4S/c17-10-4-1-2-7-13(10)23-9-15(22)24-8-14(21)18-11-5-3-6-12-16(11)20-25-19-12/h1-7H,8-9H2,(H,18,21). The highest BCUT2D eigenvalue weighted by Gasteiger charge is 2.12. The monoisotopic (exact) mass is 377 g/mol. The molecule has 0 radical (unpaired) electrons. The van der Waals surface area contributed by atoms with Crippen LogP contribution in [0.25, 0.3) is 11.0 Å². The number of amides is 1. The molecule has 0 aliphatic rings. The van der Waals surface area contributed by atoms with Crippen molar-refractivity contribution in [2.45, 2.75) is 0 Å². The number of anilines is 1. The zero-order valence-corrected chi connectivity index (χ0v) is 14.3. The van der Waals surface area contributed by atoms with Gasteiger partial charge in [0, 0.05) is 0 Å². The SMILES string of the molecule is O=C(COC(=O)COc1ccccc1Cl)Nc1cccc2nsnc12. The number of halogens is 1. The summed E-state index contributed by atoms with van der Waals surface area (Å²) >= 11 is 6.97. The number of rotatable bonds is 6. The third-order valence-corrected chi connectivity index (χ3v) is 3.96. The van der Waals surface area contributed by atoms with Crippen LogP contribution in [-0.2, 0) is 14.3 Å². The van der Waals surface area contributed by atoms with Gasteiger partial charge >= 0.3 is 5.97 Å². The molecule has 3 aromatic rings. The van der Waals surface area contributed by atoms with Crippen molar-refractivity contribution in [2.75, 3.05) is 18.5 Å². The predicted molar refractivity (Wildman–Crippen MR) is 94.0 cm³/mol. The second-order valence-corrected chi connectivity index (χ2v) is 5.80. The van der Waals surface area contributed by atoms with Crippen LogP contribution in [-0.4, -0.2) is 33.8 Å². The van der Waals surface area contributed by atoms with Gasteiger partial charge in [-0.3, -0.25) is 4.79 Å². The molecule has 128 valence electrons. The van der Waals surface area contributed by atoms with Crippen molar-refractivity contribution in [3.05, 3.63) is 47.5 Å². The van der Waals surface area contributed by atoms with Crippen LogP contribution in [0.1, 0.15) is 0 Å². The fourth-order valence-corrected chi connectivity index (χ4v) is 2.72. The Balaban J connectivity index is 1.48. The van der Waals surface area contributed by atoms with Crippen LogP contribution in [0.3, 0.4) is 0 Å². The maximum absolute atomic E-state index is 11.9. The van der Waals surface area contributed by atoms with Gasteiger partial charge in [0.15, 0.2) is 13.2 Å². The first-order chi connectivity index (χ1) is 12.1. The molecule has 1 aromatic heterocycles. The molecule has 0 aliphatic carbocycles. The molecule has 0 saturated carbocycles. The van der Waals surface area contributed by atoms with E-state index in [0.29, 0.717) is 27.5 Å². The zero-order chi connectivity index (χ0) is 17.6.